The number of esters is 1. The van der Waals surface area contributed by atoms with Crippen LogP contribution in [0.5, 0.6) is 0 Å². The van der Waals surface area contributed by atoms with Gasteiger partial charge in [0.25, 0.3) is 5.91 Å². The lowest BCUT2D eigenvalue weighted by molar-refractivity contribution is -0.151. The molecule has 3 atom stereocenters. The molecule has 0 bridgehead atoms. The molecule has 0 saturated carbocycles. The molecule has 1 amide bonds. The van der Waals surface area contributed by atoms with Gasteiger partial charge >= 0.3 is 5.97 Å². The first-order chi connectivity index (χ1) is 15.1. The van der Waals surface area contributed by atoms with Crippen LogP contribution in [0.4, 0.5) is 0 Å². The van der Waals surface area contributed by atoms with Crippen molar-refractivity contribution in [3.8, 4) is 0 Å². The number of hydrogen-bond donors (Lipinski definition) is 2. The number of ether oxygens (including phenoxy) is 1. The molecule has 0 fully saturated rings. The Morgan fingerprint density at radius 3 is 2.13 bits per heavy atom. The molecule has 158 valence electrons. The molecule has 0 aliphatic heterocycles. The van der Waals surface area contributed by atoms with Crippen LogP contribution in [0.1, 0.15) is 28.4 Å². The number of aliphatic hydroxyl groups is 1. The predicted octanol–water partition coefficient (Wildman–Crippen LogP) is 3.36. The summed E-state index contributed by atoms with van der Waals surface area (Å²) in [4.78, 5) is 25.7. The smallest absolute Gasteiger partial charge is 0.311 e. The molecule has 0 saturated heterocycles. The maximum absolute atomic E-state index is 13.0. The molecule has 5 nitrogen and oxygen atoms in total. The molecule has 0 radical (unpaired) electrons. The number of carbonyl (C=O) groups is 2. The van der Waals surface area contributed by atoms with Crippen LogP contribution in [0.25, 0.3) is 0 Å². The zero-order chi connectivity index (χ0) is 21.6. The second kappa shape index (κ2) is 9.58. The maximum Gasteiger partial charge on any atom is 0.311 e. The summed E-state index contributed by atoms with van der Waals surface area (Å²) in [5.74, 6) is -1.39. The van der Waals surface area contributed by atoms with Gasteiger partial charge in [-0.25, -0.2) is 0 Å². The minimum Gasteiger partial charge on any atom is -0.461 e. The van der Waals surface area contributed by atoms with Crippen LogP contribution in [-0.4, -0.2) is 23.0 Å². The Balaban J connectivity index is 1.50. The maximum atomic E-state index is 13.0. The summed E-state index contributed by atoms with van der Waals surface area (Å²) in [5.41, 5.74) is 3.60. The second-order valence-electron chi connectivity index (χ2n) is 7.81. The van der Waals surface area contributed by atoms with Crippen molar-refractivity contribution in [1.29, 1.82) is 0 Å². The van der Waals surface area contributed by atoms with Gasteiger partial charge in [-0.15, -0.1) is 0 Å². The van der Waals surface area contributed by atoms with Crippen LogP contribution in [0.15, 0.2) is 84.9 Å². The average molecular weight is 415 g/mol. The Morgan fingerprint density at radius 1 is 0.871 bits per heavy atom. The summed E-state index contributed by atoms with van der Waals surface area (Å²) in [6, 6.07) is 25.7. The fourth-order valence-electron chi connectivity index (χ4n) is 4.00. The van der Waals surface area contributed by atoms with Crippen molar-refractivity contribution in [1.82, 2.24) is 5.32 Å². The highest BCUT2D eigenvalue weighted by atomic mass is 16.5. The van der Waals surface area contributed by atoms with E-state index in [1.165, 1.54) is 0 Å². The van der Waals surface area contributed by atoms with Crippen molar-refractivity contribution < 1.29 is 19.4 Å². The average Bonchev–Trinajstić information content (AvgIpc) is 2.82. The normalized spacial score (nSPS) is 18.5. The Hall–Kier alpha value is -3.44. The molecule has 3 aromatic carbocycles. The van der Waals surface area contributed by atoms with Crippen molar-refractivity contribution in [2.75, 3.05) is 0 Å². The largest absolute Gasteiger partial charge is 0.461 e. The van der Waals surface area contributed by atoms with Gasteiger partial charge in [-0.1, -0.05) is 84.9 Å². The van der Waals surface area contributed by atoms with E-state index < -0.39 is 24.0 Å². The highest BCUT2D eigenvalue weighted by molar-refractivity contribution is 5.83. The van der Waals surface area contributed by atoms with Crippen LogP contribution < -0.4 is 5.32 Å². The fourth-order valence-corrected chi connectivity index (χ4v) is 4.00. The second-order valence-corrected chi connectivity index (χ2v) is 7.81. The minimum atomic E-state index is -1.29. The molecule has 0 heterocycles. The first-order valence-corrected chi connectivity index (χ1v) is 10.4. The molecule has 0 aromatic heterocycles. The summed E-state index contributed by atoms with van der Waals surface area (Å²) in [6.07, 6.45) is -0.301. The van der Waals surface area contributed by atoms with Gasteiger partial charge in [-0.2, -0.15) is 0 Å². The SMILES string of the molecule is O=C(OCc1ccccc1)[C@H]1Cc2ccccc2C[C@H]1NC(=O)[C@H](O)c1ccccc1. The van der Waals surface area contributed by atoms with Crippen LogP contribution in [-0.2, 0) is 33.8 Å². The molecule has 4 rings (SSSR count). The van der Waals surface area contributed by atoms with Crippen LogP contribution in [0.3, 0.4) is 0 Å². The topological polar surface area (TPSA) is 75.6 Å². The van der Waals surface area contributed by atoms with E-state index in [1.54, 1.807) is 24.3 Å². The standard InChI is InChI=1S/C26H25NO4/c28-24(19-11-5-2-6-12-19)25(29)27-23-16-21-14-8-7-13-20(21)15-22(23)26(30)31-17-18-9-3-1-4-10-18/h1-14,22-24,28H,15-17H2,(H,27,29)/t22-,23+,24+/m0/s1. The Morgan fingerprint density at radius 2 is 1.45 bits per heavy atom. The summed E-state index contributed by atoms with van der Waals surface area (Å²) < 4.78 is 5.59. The third-order valence-electron chi connectivity index (χ3n) is 5.70. The van der Waals surface area contributed by atoms with Crippen LogP contribution in [0, 0.1) is 5.92 Å². The van der Waals surface area contributed by atoms with E-state index in [-0.39, 0.29) is 12.6 Å². The molecular weight excluding hydrogens is 390 g/mol. The minimum absolute atomic E-state index is 0.186. The summed E-state index contributed by atoms with van der Waals surface area (Å²) >= 11 is 0. The molecule has 0 spiro atoms. The van der Waals surface area contributed by atoms with Gasteiger partial charge < -0.3 is 15.2 Å². The molecule has 2 N–H and O–H groups in total. The number of benzene rings is 3. The number of rotatable bonds is 6. The molecule has 1 aliphatic carbocycles. The summed E-state index contributed by atoms with van der Waals surface area (Å²) in [5, 5.41) is 13.4. The van der Waals surface area contributed by atoms with E-state index in [9.17, 15) is 14.7 Å². The van der Waals surface area contributed by atoms with Crippen molar-refractivity contribution in [3.63, 3.8) is 0 Å². The Labute approximate surface area is 181 Å². The van der Waals surface area contributed by atoms with E-state index in [1.807, 2.05) is 60.7 Å². The van der Waals surface area contributed by atoms with Gasteiger partial charge in [0.1, 0.15) is 6.61 Å². The highest BCUT2D eigenvalue weighted by Gasteiger charge is 2.36. The van der Waals surface area contributed by atoms with Gasteiger partial charge in [0.05, 0.1) is 5.92 Å². The number of amides is 1. The van der Waals surface area contributed by atoms with Crippen molar-refractivity contribution >= 4 is 11.9 Å². The number of hydrogen-bond acceptors (Lipinski definition) is 4. The number of aliphatic hydroxyl groups excluding tert-OH is 1. The quantitative estimate of drug-likeness (QED) is 0.606. The van der Waals surface area contributed by atoms with E-state index >= 15 is 0 Å². The lowest BCUT2D eigenvalue weighted by Crippen LogP contribution is -2.49. The van der Waals surface area contributed by atoms with Crippen molar-refractivity contribution in [2.45, 2.75) is 31.6 Å². The van der Waals surface area contributed by atoms with Gasteiger partial charge in [0.15, 0.2) is 6.10 Å². The number of nitrogens with one attached hydrogen (secondary N) is 1. The zero-order valence-electron chi connectivity index (χ0n) is 17.1. The van der Waals surface area contributed by atoms with Gasteiger partial charge in [0.2, 0.25) is 0 Å². The summed E-state index contributed by atoms with van der Waals surface area (Å²) in [7, 11) is 0. The van der Waals surface area contributed by atoms with E-state index in [2.05, 4.69) is 5.32 Å². The highest BCUT2D eigenvalue weighted by Crippen LogP contribution is 2.28. The lowest BCUT2D eigenvalue weighted by atomic mass is 9.80. The number of fused-ring (bicyclic) bond motifs is 1. The van der Waals surface area contributed by atoms with Gasteiger partial charge in [-0.05, 0) is 35.1 Å². The van der Waals surface area contributed by atoms with E-state index in [0.717, 1.165) is 16.7 Å². The third-order valence-corrected chi connectivity index (χ3v) is 5.70. The molecule has 0 unspecified atom stereocenters. The molecule has 1 aliphatic rings. The zero-order valence-corrected chi connectivity index (χ0v) is 17.1. The third kappa shape index (κ3) is 5.01. The van der Waals surface area contributed by atoms with Gasteiger partial charge in [0, 0.05) is 6.04 Å². The van der Waals surface area contributed by atoms with Crippen molar-refractivity contribution in [3.05, 3.63) is 107 Å². The molecule has 3 aromatic rings. The monoisotopic (exact) mass is 415 g/mol. The fraction of sp³-hybridized carbons (Fsp3) is 0.231. The first-order valence-electron chi connectivity index (χ1n) is 10.4. The molecular formula is C26H25NO4. The Kier molecular flexibility index (Phi) is 6.43. The molecule has 31 heavy (non-hydrogen) atoms. The van der Waals surface area contributed by atoms with E-state index in [0.29, 0.717) is 18.4 Å². The van der Waals surface area contributed by atoms with Crippen LogP contribution >= 0.6 is 0 Å². The summed E-state index contributed by atoms with van der Waals surface area (Å²) in [6.45, 7) is 0.186. The van der Waals surface area contributed by atoms with E-state index in [4.69, 9.17) is 4.74 Å². The lowest BCUT2D eigenvalue weighted by Gasteiger charge is -2.32. The molecule has 5 heteroatoms. The van der Waals surface area contributed by atoms with Crippen molar-refractivity contribution in [2.24, 2.45) is 5.92 Å². The predicted molar refractivity (Wildman–Crippen MR) is 117 cm³/mol. The Bertz CT molecular complexity index is 1040. The van der Waals surface area contributed by atoms with Crippen LogP contribution in [0.2, 0.25) is 0 Å². The van der Waals surface area contributed by atoms with Gasteiger partial charge in [-0.3, -0.25) is 9.59 Å². The first kappa shape index (κ1) is 20.8. The number of carbonyl (C=O) groups excluding carboxylic acids is 2.